The molecule has 3 N–H and O–H groups in total. The molecule has 0 aliphatic carbocycles. The fraction of sp³-hybridized carbons (Fsp3) is 0.562. The summed E-state index contributed by atoms with van der Waals surface area (Å²) in [4.78, 5) is 4.34. The second-order valence-corrected chi connectivity index (χ2v) is 8.04. The number of hydrogen-bond donors (Lipinski definition) is 3. The Morgan fingerprint density at radius 3 is 2.44 bits per heavy atom. The van der Waals surface area contributed by atoms with E-state index in [4.69, 9.17) is 0 Å². The Morgan fingerprint density at radius 2 is 1.89 bits per heavy atom. The molecule has 0 atom stereocenters. The van der Waals surface area contributed by atoms with Crippen molar-refractivity contribution in [2.75, 3.05) is 19.3 Å². The quantitative estimate of drug-likeness (QED) is 0.264. The first kappa shape index (κ1) is 25.8. The van der Waals surface area contributed by atoms with Crippen LogP contribution < -0.4 is 20.1 Å². The first-order valence-electron chi connectivity index (χ1n) is 8.06. The average Bonchev–Trinajstić information content (AvgIpc) is 2.48. The first-order chi connectivity index (χ1) is 12.0. The van der Waals surface area contributed by atoms with Gasteiger partial charge in [0.1, 0.15) is 5.75 Å². The highest BCUT2D eigenvalue weighted by Crippen LogP contribution is 2.20. The average molecular weight is 520 g/mol. The Labute approximate surface area is 176 Å². The SMILES string of the molecule is CCNC(=NCc1ccccc1OC(F)F)NCC(C)(C)NS(C)(=O)=O.I. The molecular weight excluding hydrogens is 493 g/mol. The highest BCUT2D eigenvalue weighted by atomic mass is 127. The summed E-state index contributed by atoms with van der Waals surface area (Å²) in [7, 11) is -3.35. The van der Waals surface area contributed by atoms with Gasteiger partial charge < -0.3 is 15.4 Å². The van der Waals surface area contributed by atoms with E-state index in [1.165, 1.54) is 6.07 Å². The second-order valence-electron chi connectivity index (χ2n) is 6.29. The molecule has 7 nitrogen and oxygen atoms in total. The van der Waals surface area contributed by atoms with Gasteiger partial charge in [-0.05, 0) is 26.8 Å². The van der Waals surface area contributed by atoms with Crippen molar-refractivity contribution in [2.45, 2.75) is 39.5 Å². The van der Waals surface area contributed by atoms with Crippen molar-refractivity contribution in [3.05, 3.63) is 29.8 Å². The van der Waals surface area contributed by atoms with E-state index in [0.29, 0.717) is 18.1 Å². The molecule has 0 heterocycles. The summed E-state index contributed by atoms with van der Waals surface area (Å²) in [6.45, 7) is 3.42. The zero-order valence-electron chi connectivity index (χ0n) is 15.8. The maximum absolute atomic E-state index is 12.5. The fourth-order valence-electron chi connectivity index (χ4n) is 2.19. The normalized spacial score (nSPS) is 12.5. The number of rotatable bonds is 9. The molecule has 0 spiro atoms. The molecule has 27 heavy (non-hydrogen) atoms. The number of nitrogens with zero attached hydrogens (tertiary/aromatic N) is 1. The minimum atomic E-state index is -3.35. The molecule has 0 aromatic heterocycles. The summed E-state index contributed by atoms with van der Waals surface area (Å²) in [6, 6.07) is 6.42. The molecule has 0 radical (unpaired) electrons. The Bertz CT molecular complexity index is 715. The summed E-state index contributed by atoms with van der Waals surface area (Å²) in [5.41, 5.74) is -0.223. The summed E-state index contributed by atoms with van der Waals surface area (Å²) < 4.78 is 54.7. The van der Waals surface area contributed by atoms with Gasteiger partial charge >= 0.3 is 6.61 Å². The Morgan fingerprint density at radius 1 is 1.26 bits per heavy atom. The zero-order valence-corrected chi connectivity index (χ0v) is 18.9. The number of halogens is 3. The molecule has 1 aromatic rings. The molecule has 1 rings (SSSR count). The van der Waals surface area contributed by atoms with Crippen LogP contribution in [0.3, 0.4) is 0 Å². The van der Waals surface area contributed by atoms with Crippen LogP contribution in [0.4, 0.5) is 8.78 Å². The number of benzene rings is 1. The van der Waals surface area contributed by atoms with E-state index in [1.807, 2.05) is 6.92 Å². The lowest BCUT2D eigenvalue weighted by molar-refractivity contribution is -0.0504. The number of sulfonamides is 1. The summed E-state index contributed by atoms with van der Waals surface area (Å²) >= 11 is 0. The minimum Gasteiger partial charge on any atom is -0.434 e. The van der Waals surface area contributed by atoms with Gasteiger partial charge in [0.15, 0.2) is 5.96 Å². The zero-order chi connectivity index (χ0) is 19.8. The van der Waals surface area contributed by atoms with Crippen LogP contribution in [0.5, 0.6) is 5.75 Å². The number of aliphatic imine (C=N–C) groups is 1. The molecule has 0 saturated heterocycles. The van der Waals surface area contributed by atoms with Crippen molar-refractivity contribution >= 4 is 40.0 Å². The van der Waals surface area contributed by atoms with Gasteiger partial charge in [-0.15, -0.1) is 24.0 Å². The van der Waals surface area contributed by atoms with Gasteiger partial charge in [0, 0.05) is 24.2 Å². The predicted molar refractivity (Wildman–Crippen MR) is 113 cm³/mol. The van der Waals surface area contributed by atoms with E-state index in [1.54, 1.807) is 32.0 Å². The lowest BCUT2D eigenvalue weighted by atomic mass is 10.1. The molecule has 1 aromatic carbocycles. The second kappa shape index (κ2) is 11.6. The van der Waals surface area contributed by atoms with Crippen LogP contribution in [0.15, 0.2) is 29.3 Å². The number of alkyl halides is 2. The maximum Gasteiger partial charge on any atom is 0.387 e. The predicted octanol–water partition coefficient (Wildman–Crippen LogP) is 2.29. The van der Waals surface area contributed by atoms with E-state index in [9.17, 15) is 17.2 Å². The summed E-state index contributed by atoms with van der Waals surface area (Å²) in [6.07, 6.45) is 1.09. The van der Waals surface area contributed by atoms with Crippen molar-refractivity contribution in [1.82, 2.24) is 15.4 Å². The van der Waals surface area contributed by atoms with Crippen LogP contribution in [0, 0.1) is 0 Å². The Hall–Kier alpha value is -1.21. The van der Waals surface area contributed by atoms with Crippen molar-refractivity contribution in [3.8, 4) is 5.75 Å². The molecule has 0 unspecified atom stereocenters. The monoisotopic (exact) mass is 520 g/mol. The largest absolute Gasteiger partial charge is 0.434 e. The number of hydrogen-bond acceptors (Lipinski definition) is 4. The summed E-state index contributed by atoms with van der Waals surface area (Å²) in [5.74, 6) is 0.504. The third-order valence-corrected chi connectivity index (χ3v) is 4.02. The molecule has 156 valence electrons. The lowest BCUT2D eigenvalue weighted by Gasteiger charge is -2.26. The third-order valence-electron chi connectivity index (χ3n) is 3.10. The number of ether oxygens (including phenoxy) is 1. The van der Waals surface area contributed by atoms with Crippen LogP contribution in [0.1, 0.15) is 26.3 Å². The number of guanidine groups is 1. The third kappa shape index (κ3) is 11.3. The molecule has 0 saturated carbocycles. The molecule has 0 aliphatic heterocycles. The standard InChI is InChI=1S/C16H26F2N4O3S.HI/c1-5-19-15(21-11-16(2,3)22-26(4,23)24)20-10-12-8-6-7-9-13(12)25-14(17)18;/h6-9,14,22H,5,10-11H2,1-4H3,(H2,19,20,21);1H. The fourth-order valence-corrected chi connectivity index (χ4v) is 3.27. The minimum absolute atomic E-state index is 0. The number of para-hydroxylation sites is 1. The smallest absolute Gasteiger partial charge is 0.387 e. The van der Waals surface area contributed by atoms with Crippen LogP contribution in [-0.4, -0.2) is 45.9 Å². The van der Waals surface area contributed by atoms with Crippen molar-refractivity contribution in [3.63, 3.8) is 0 Å². The van der Waals surface area contributed by atoms with Gasteiger partial charge in [-0.3, -0.25) is 0 Å². The van der Waals surface area contributed by atoms with E-state index < -0.39 is 22.2 Å². The van der Waals surface area contributed by atoms with Gasteiger partial charge in [-0.2, -0.15) is 8.78 Å². The van der Waals surface area contributed by atoms with Crippen molar-refractivity contribution in [1.29, 1.82) is 0 Å². The Balaban J connectivity index is 0.00000676. The molecule has 0 amide bonds. The topological polar surface area (TPSA) is 91.8 Å². The Kier molecular flexibility index (Phi) is 11.1. The van der Waals surface area contributed by atoms with Gasteiger partial charge in [-0.1, -0.05) is 18.2 Å². The van der Waals surface area contributed by atoms with E-state index >= 15 is 0 Å². The van der Waals surface area contributed by atoms with E-state index in [-0.39, 0.29) is 42.8 Å². The maximum atomic E-state index is 12.5. The highest BCUT2D eigenvalue weighted by molar-refractivity contribution is 14.0. The lowest BCUT2D eigenvalue weighted by Crippen LogP contribution is -2.53. The molecule has 0 bridgehead atoms. The summed E-state index contributed by atoms with van der Waals surface area (Å²) in [5, 5.41) is 6.06. The van der Waals surface area contributed by atoms with Crippen molar-refractivity contribution < 1.29 is 21.9 Å². The van der Waals surface area contributed by atoms with Gasteiger partial charge in [0.25, 0.3) is 0 Å². The molecule has 0 fully saturated rings. The van der Waals surface area contributed by atoms with Gasteiger partial charge in [-0.25, -0.2) is 18.1 Å². The van der Waals surface area contributed by atoms with Crippen LogP contribution >= 0.6 is 24.0 Å². The van der Waals surface area contributed by atoms with Crippen LogP contribution in [0.25, 0.3) is 0 Å². The van der Waals surface area contributed by atoms with Gasteiger partial charge in [0.05, 0.1) is 12.8 Å². The highest BCUT2D eigenvalue weighted by Gasteiger charge is 2.22. The first-order valence-corrected chi connectivity index (χ1v) is 9.95. The van der Waals surface area contributed by atoms with Crippen LogP contribution in [-0.2, 0) is 16.6 Å². The molecule has 0 aliphatic rings. The van der Waals surface area contributed by atoms with E-state index in [2.05, 4.69) is 25.1 Å². The molecule has 11 heteroatoms. The molecular formula is C16H27F2IN4O3S. The van der Waals surface area contributed by atoms with Gasteiger partial charge in [0.2, 0.25) is 10.0 Å². The van der Waals surface area contributed by atoms with Crippen molar-refractivity contribution in [2.24, 2.45) is 4.99 Å². The van der Waals surface area contributed by atoms with E-state index in [0.717, 1.165) is 6.26 Å². The van der Waals surface area contributed by atoms with Crippen LogP contribution in [0.2, 0.25) is 0 Å². The number of nitrogens with one attached hydrogen (secondary N) is 3.